The van der Waals surface area contributed by atoms with Crippen LogP contribution in [0.2, 0.25) is 0 Å². The summed E-state index contributed by atoms with van der Waals surface area (Å²) in [5.41, 5.74) is 0. The van der Waals surface area contributed by atoms with Gasteiger partial charge in [-0.3, -0.25) is 4.79 Å². The Balaban J connectivity index is 1.78. The van der Waals surface area contributed by atoms with Gasteiger partial charge in [0.05, 0.1) is 6.20 Å². The van der Waals surface area contributed by atoms with Crippen LogP contribution in [0.25, 0.3) is 0 Å². The Morgan fingerprint density at radius 2 is 2.25 bits per heavy atom. The van der Waals surface area contributed by atoms with Crippen molar-refractivity contribution < 1.29 is 13.2 Å². The lowest BCUT2D eigenvalue weighted by Gasteiger charge is -2.03. The highest BCUT2D eigenvalue weighted by atomic mass is 32.2. The zero-order valence-electron chi connectivity index (χ0n) is 10.4. The number of amides is 1. The zero-order chi connectivity index (χ0) is 14.6. The van der Waals surface area contributed by atoms with Gasteiger partial charge < -0.3 is 5.32 Å². The molecule has 0 atom stereocenters. The lowest BCUT2D eigenvalue weighted by molar-refractivity contribution is -0.121. The van der Waals surface area contributed by atoms with Crippen molar-refractivity contribution in [2.24, 2.45) is 5.14 Å². The number of nitrogens with one attached hydrogen (secondary N) is 1. The van der Waals surface area contributed by atoms with Gasteiger partial charge in [-0.2, -0.15) is 0 Å². The Bertz CT molecular complexity index is 678. The third kappa shape index (κ3) is 4.11. The number of hydrogen-bond acceptors (Lipinski definition) is 6. The van der Waals surface area contributed by atoms with Crippen LogP contribution >= 0.6 is 11.3 Å². The molecule has 108 valence electrons. The average Bonchev–Trinajstić information content (AvgIpc) is 2.98. The second kappa shape index (κ2) is 6.11. The Morgan fingerprint density at radius 3 is 2.85 bits per heavy atom. The number of primary sulfonamides is 1. The summed E-state index contributed by atoms with van der Waals surface area (Å²) in [5.74, 6) is -0.182. The molecule has 3 N–H and O–H groups in total. The molecule has 2 aromatic heterocycles. The molecule has 8 nitrogen and oxygen atoms in total. The highest BCUT2D eigenvalue weighted by molar-refractivity contribution is 7.91. The van der Waals surface area contributed by atoms with Gasteiger partial charge in [0, 0.05) is 17.6 Å². The molecular formula is C10H13N5O3S2. The van der Waals surface area contributed by atoms with Crippen molar-refractivity contribution in [2.75, 3.05) is 6.54 Å². The normalized spacial score (nSPS) is 11.4. The van der Waals surface area contributed by atoms with E-state index in [1.807, 2.05) is 0 Å². The first-order chi connectivity index (χ1) is 9.45. The molecule has 0 fully saturated rings. The van der Waals surface area contributed by atoms with Crippen LogP contribution in [0.5, 0.6) is 0 Å². The van der Waals surface area contributed by atoms with Crippen molar-refractivity contribution in [2.45, 2.75) is 17.2 Å². The van der Waals surface area contributed by atoms with Crippen molar-refractivity contribution >= 4 is 27.3 Å². The summed E-state index contributed by atoms with van der Waals surface area (Å²) in [5, 5.41) is 15.0. The molecule has 2 heterocycles. The molecule has 0 radical (unpaired) electrons. The van der Waals surface area contributed by atoms with Crippen LogP contribution in [0.15, 0.2) is 28.7 Å². The number of rotatable bonds is 6. The molecule has 0 saturated carbocycles. The van der Waals surface area contributed by atoms with Crippen LogP contribution < -0.4 is 10.5 Å². The predicted molar refractivity (Wildman–Crippen MR) is 72.4 cm³/mol. The molecule has 2 rings (SSSR count). The molecule has 10 heteroatoms. The first-order valence-corrected chi connectivity index (χ1v) is 8.04. The molecule has 0 aromatic carbocycles. The van der Waals surface area contributed by atoms with E-state index >= 15 is 0 Å². The molecule has 0 saturated heterocycles. The first kappa shape index (κ1) is 14.6. The number of hydrogen-bond donors (Lipinski definition) is 2. The molecule has 0 aliphatic carbocycles. The van der Waals surface area contributed by atoms with E-state index in [4.69, 9.17) is 5.14 Å². The van der Waals surface area contributed by atoms with Crippen LogP contribution in [-0.2, 0) is 27.8 Å². The monoisotopic (exact) mass is 315 g/mol. The van der Waals surface area contributed by atoms with Gasteiger partial charge in [-0.1, -0.05) is 5.21 Å². The van der Waals surface area contributed by atoms with Crippen LogP contribution in [0.1, 0.15) is 4.88 Å². The van der Waals surface area contributed by atoms with Gasteiger partial charge in [0.15, 0.2) is 0 Å². The summed E-state index contributed by atoms with van der Waals surface area (Å²) in [6.45, 7) is 0.519. The number of carbonyl (C=O) groups is 1. The standard InChI is InChI=1S/C10H13N5O3S2/c11-20(17,18)10-2-1-8(19-10)3-4-12-9(16)7-15-6-5-13-14-15/h1-2,5-6H,3-4,7H2,(H,12,16)(H2,11,17,18). The smallest absolute Gasteiger partial charge is 0.247 e. The fraction of sp³-hybridized carbons (Fsp3) is 0.300. The van der Waals surface area contributed by atoms with Gasteiger partial charge in [0.25, 0.3) is 0 Å². The maximum Gasteiger partial charge on any atom is 0.247 e. The Labute approximate surface area is 119 Å². The molecule has 0 unspecified atom stereocenters. The molecule has 2 aromatic rings. The SMILES string of the molecule is NS(=O)(=O)c1ccc(CCNC(=O)Cn2ccnn2)s1. The minimum atomic E-state index is -3.65. The Kier molecular flexibility index (Phi) is 4.47. The second-order valence-corrected chi connectivity index (χ2v) is 6.92. The lowest BCUT2D eigenvalue weighted by atomic mass is 10.3. The van der Waals surface area contributed by atoms with E-state index < -0.39 is 10.0 Å². The van der Waals surface area contributed by atoms with E-state index in [2.05, 4.69) is 15.6 Å². The van der Waals surface area contributed by atoms with Gasteiger partial charge in [0.1, 0.15) is 10.8 Å². The summed E-state index contributed by atoms with van der Waals surface area (Å²) < 4.78 is 23.8. The number of nitrogens with zero attached hydrogens (tertiary/aromatic N) is 3. The van der Waals surface area contributed by atoms with E-state index in [1.165, 1.54) is 16.9 Å². The minimum absolute atomic E-state index is 0.104. The van der Waals surface area contributed by atoms with Gasteiger partial charge in [0.2, 0.25) is 15.9 Å². The van der Waals surface area contributed by atoms with Crippen LogP contribution in [0.3, 0.4) is 0 Å². The summed E-state index contributed by atoms with van der Waals surface area (Å²) >= 11 is 1.11. The lowest BCUT2D eigenvalue weighted by Crippen LogP contribution is -2.29. The quantitative estimate of drug-likeness (QED) is 0.733. The van der Waals surface area contributed by atoms with Gasteiger partial charge in [-0.15, -0.1) is 16.4 Å². The van der Waals surface area contributed by atoms with E-state index in [0.29, 0.717) is 13.0 Å². The first-order valence-electron chi connectivity index (χ1n) is 5.67. The molecule has 0 aliphatic rings. The largest absolute Gasteiger partial charge is 0.354 e. The molecular weight excluding hydrogens is 302 g/mol. The van der Waals surface area contributed by atoms with Gasteiger partial charge >= 0.3 is 0 Å². The third-order valence-electron chi connectivity index (χ3n) is 2.39. The second-order valence-electron chi connectivity index (χ2n) is 3.97. The van der Waals surface area contributed by atoms with Crippen molar-refractivity contribution in [3.05, 3.63) is 29.4 Å². The average molecular weight is 315 g/mol. The fourth-order valence-corrected chi connectivity index (χ4v) is 3.27. The van der Waals surface area contributed by atoms with E-state index in [9.17, 15) is 13.2 Å². The highest BCUT2D eigenvalue weighted by Crippen LogP contribution is 2.20. The van der Waals surface area contributed by atoms with Crippen LogP contribution in [0, 0.1) is 0 Å². The number of nitrogens with two attached hydrogens (primary N) is 1. The molecule has 0 aliphatic heterocycles. The Hall–Kier alpha value is -1.78. The number of carbonyl (C=O) groups excluding carboxylic acids is 1. The van der Waals surface area contributed by atoms with Crippen LogP contribution in [-0.4, -0.2) is 35.9 Å². The summed E-state index contributed by atoms with van der Waals surface area (Å²) in [4.78, 5) is 12.4. The molecule has 20 heavy (non-hydrogen) atoms. The highest BCUT2D eigenvalue weighted by Gasteiger charge is 2.11. The van der Waals surface area contributed by atoms with E-state index in [0.717, 1.165) is 16.2 Å². The van der Waals surface area contributed by atoms with E-state index in [1.54, 1.807) is 12.3 Å². The van der Waals surface area contributed by atoms with E-state index in [-0.39, 0.29) is 16.7 Å². The fourth-order valence-electron chi connectivity index (χ4n) is 1.49. The zero-order valence-corrected chi connectivity index (χ0v) is 12.0. The molecule has 1 amide bonds. The van der Waals surface area contributed by atoms with Gasteiger partial charge in [-0.05, 0) is 18.6 Å². The summed E-state index contributed by atoms with van der Waals surface area (Å²) in [7, 11) is -3.65. The number of thiophene rings is 1. The molecule has 0 bridgehead atoms. The van der Waals surface area contributed by atoms with Crippen LogP contribution in [0.4, 0.5) is 0 Å². The summed E-state index contributed by atoms with van der Waals surface area (Å²) in [6, 6.07) is 3.15. The summed E-state index contributed by atoms with van der Waals surface area (Å²) in [6.07, 6.45) is 3.63. The van der Waals surface area contributed by atoms with Crippen molar-refractivity contribution in [1.29, 1.82) is 0 Å². The molecule has 0 spiro atoms. The minimum Gasteiger partial charge on any atom is -0.354 e. The van der Waals surface area contributed by atoms with Crippen molar-refractivity contribution in [3.63, 3.8) is 0 Å². The Morgan fingerprint density at radius 1 is 1.45 bits per heavy atom. The predicted octanol–water partition coefficient (Wildman–Crippen LogP) is -0.654. The van der Waals surface area contributed by atoms with Crippen molar-refractivity contribution in [3.8, 4) is 0 Å². The number of sulfonamides is 1. The van der Waals surface area contributed by atoms with Crippen molar-refractivity contribution in [1.82, 2.24) is 20.3 Å². The van der Waals surface area contributed by atoms with Gasteiger partial charge in [-0.25, -0.2) is 18.2 Å². The third-order valence-corrected chi connectivity index (χ3v) is 4.97. The maximum atomic E-state index is 11.6. The topological polar surface area (TPSA) is 120 Å². The number of aromatic nitrogens is 3. The maximum absolute atomic E-state index is 11.6.